The summed E-state index contributed by atoms with van der Waals surface area (Å²) in [6.45, 7) is 0. The highest BCUT2D eigenvalue weighted by atomic mass is 32.2. The quantitative estimate of drug-likeness (QED) is 0.802. The number of nitrogens with one attached hydrogen (secondary N) is 1. The predicted octanol–water partition coefficient (Wildman–Crippen LogP) is 0.890. The SMILES string of the molecule is NC(=S)c1ccc(S(=O)(=O)NC2CCCSC2)cn1. The van der Waals surface area contributed by atoms with Gasteiger partial charge in [0.05, 0.1) is 5.69 Å². The Balaban J connectivity index is 2.12. The second kappa shape index (κ2) is 6.17. The molecule has 0 aliphatic carbocycles. The third kappa shape index (κ3) is 3.88. The molecule has 1 unspecified atom stereocenters. The molecule has 1 fully saturated rings. The summed E-state index contributed by atoms with van der Waals surface area (Å²) in [4.78, 5) is 4.24. The summed E-state index contributed by atoms with van der Waals surface area (Å²) in [6.07, 6.45) is 3.20. The summed E-state index contributed by atoms with van der Waals surface area (Å²) >= 11 is 6.55. The molecule has 3 N–H and O–H groups in total. The van der Waals surface area contributed by atoms with Crippen molar-refractivity contribution in [1.82, 2.24) is 9.71 Å². The largest absolute Gasteiger partial charge is 0.388 e. The molecule has 1 aromatic heterocycles. The molecule has 1 saturated heterocycles. The van der Waals surface area contributed by atoms with Gasteiger partial charge in [-0.05, 0) is 30.7 Å². The molecule has 1 atom stereocenters. The number of aromatic nitrogens is 1. The van der Waals surface area contributed by atoms with Crippen molar-refractivity contribution in [2.45, 2.75) is 23.8 Å². The predicted molar refractivity (Wildman–Crippen MR) is 80.8 cm³/mol. The number of nitrogens with zero attached hydrogens (tertiary/aromatic N) is 1. The van der Waals surface area contributed by atoms with E-state index in [1.165, 1.54) is 18.3 Å². The summed E-state index contributed by atoms with van der Waals surface area (Å²) in [6, 6.07) is 2.99. The Morgan fingerprint density at radius 1 is 1.53 bits per heavy atom. The molecule has 0 amide bonds. The fourth-order valence-corrected chi connectivity index (χ4v) is 4.32. The molecule has 1 aliphatic heterocycles. The molecule has 5 nitrogen and oxygen atoms in total. The molecular weight excluding hydrogens is 302 g/mol. The van der Waals surface area contributed by atoms with Crippen molar-refractivity contribution >= 4 is 39.0 Å². The lowest BCUT2D eigenvalue weighted by Crippen LogP contribution is -2.38. The number of nitrogens with two attached hydrogens (primary N) is 1. The lowest BCUT2D eigenvalue weighted by Gasteiger charge is -2.22. The molecule has 0 radical (unpaired) electrons. The highest BCUT2D eigenvalue weighted by Gasteiger charge is 2.22. The van der Waals surface area contributed by atoms with E-state index in [0.29, 0.717) is 5.69 Å². The lowest BCUT2D eigenvalue weighted by atomic mass is 10.2. The van der Waals surface area contributed by atoms with Crippen LogP contribution in [0.15, 0.2) is 23.2 Å². The number of thioether (sulfide) groups is 1. The zero-order valence-corrected chi connectivity index (χ0v) is 12.7. The van der Waals surface area contributed by atoms with Crippen molar-refractivity contribution in [3.05, 3.63) is 24.0 Å². The summed E-state index contributed by atoms with van der Waals surface area (Å²) < 4.78 is 27.0. The first-order valence-corrected chi connectivity index (χ1v) is 8.89. The Morgan fingerprint density at radius 2 is 2.32 bits per heavy atom. The fraction of sp³-hybridized carbons (Fsp3) is 0.455. The van der Waals surface area contributed by atoms with Crippen molar-refractivity contribution in [3.8, 4) is 0 Å². The van der Waals surface area contributed by atoms with E-state index in [4.69, 9.17) is 18.0 Å². The average Bonchev–Trinajstić information content (AvgIpc) is 2.39. The molecule has 19 heavy (non-hydrogen) atoms. The van der Waals surface area contributed by atoms with Crippen molar-refractivity contribution in [1.29, 1.82) is 0 Å². The second-order valence-corrected chi connectivity index (χ2v) is 7.58. The smallest absolute Gasteiger partial charge is 0.242 e. The molecule has 0 saturated carbocycles. The van der Waals surface area contributed by atoms with Gasteiger partial charge < -0.3 is 5.73 Å². The van der Waals surface area contributed by atoms with Crippen LogP contribution >= 0.6 is 24.0 Å². The van der Waals surface area contributed by atoms with Crippen LogP contribution in [-0.4, -0.2) is 35.9 Å². The van der Waals surface area contributed by atoms with Gasteiger partial charge in [0.25, 0.3) is 0 Å². The fourth-order valence-electron chi connectivity index (χ4n) is 1.81. The minimum atomic E-state index is -3.51. The third-order valence-electron chi connectivity index (χ3n) is 2.78. The van der Waals surface area contributed by atoms with E-state index < -0.39 is 10.0 Å². The molecule has 0 aromatic carbocycles. The van der Waals surface area contributed by atoms with Crippen molar-refractivity contribution in [2.24, 2.45) is 5.73 Å². The van der Waals surface area contributed by atoms with Gasteiger partial charge in [-0.25, -0.2) is 13.1 Å². The van der Waals surface area contributed by atoms with Crippen LogP contribution < -0.4 is 10.5 Å². The minimum absolute atomic E-state index is 0.000915. The number of thiocarbonyl (C=S) groups is 1. The molecule has 1 aliphatic rings. The van der Waals surface area contributed by atoms with Gasteiger partial charge >= 0.3 is 0 Å². The van der Waals surface area contributed by atoms with Crippen LogP contribution in [0.2, 0.25) is 0 Å². The van der Waals surface area contributed by atoms with Gasteiger partial charge in [0, 0.05) is 18.0 Å². The maximum Gasteiger partial charge on any atom is 0.242 e. The number of rotatable bonds is 4. The van der Waals surface area contributed by atoms with E-state index in [0.717, 1.165) is 24.3 Å². The van der Waals surface area contributed by atoms with Crippen LogP contribution in [0.5, 0.6) is 0 Å². The lowest BCUT2D eigenvalue weighted by molar-refractivity contribution is 0.543. The zero-order chi connectivity index (χ0) is 13.9. The first-order valence-electron chi connectivity index (χ1n) is 5.85. The van der Waals surface area contributed by atoms with Crippen LogP contribution in [0.1, 0.15) is 18.5 Å². The van der Waals surface area contributed by atoms with Crippen molar-refractivity contribution < 1.29 is 8.42 Å². The summed E-state index contributed by atoms with van der Waals surface area (Å²) in [5, 5.41) is 0. The van der Waals surface area contributed by atoms with Gasteiger partial charge in [0.1, 0.15) is 9.88 Å². The number of pyridine rings is 1. The first kappa shape index (κ1) is 14.7. The number of sulfonamides is 1. The summed E-state index contributed by atoms with van der Waals surface area (Å²) in [5.41, 5.74) is 5.84. The van der Waals surface area contributed by atoms with Crippen LogP contribution in [0.3, 0.4) is 0 Å². The molecule has 2 heterocycles. The van der Waals surface area contributed by atoms with Crippen LogP contribution in [0, 0.1) is 0 Å². The summed E-state index contributed by atoms with van der Waals surface area (Å²) in [5.74, 6) is 1.92. The molecule has 8 heteroatoms. The monoisotopic (exact) mass is 317 g/mol. The summed E-state index contributed by atoms with van der Waals surface area (Å²) in [7, 11) is -3.51. The molecule has 2 rings (SSSR count). The van der Waals surface area contributed by atoms with Crippen molar-refractivity contribution in [2.75, 3.05) is 11.5 Å². The highest BCUT2D eigenvalue weighted by molar-refractivity contribution is 7.99. The van der Waals surface area contributed by atoms with E-state index in [2.05, 4.69) is 9.71 Å². The highest BCUT2D eigenvalue weighted by Crippen LogP contribution is 2.19. The topological polar surface area (TPSA) is 85.1 Å². The Morgan fingerprint density at radius 3 is 2.84 bits per heavy atom. The third-order valence-corrected chi connectivity index (χ3v) is 5.71. The van der Waals surface area contributed by atoms with Crippen LogP contribution in [-0.2, 0) is 10.0 Å². The Hall–Kier alpha value is -0.700. The van der Waals surface area contributed by atoms with Gasteiger partial charge in [-0.2, -0.15) is 11.8 Å². The van der Waals surface area contributed by atoms with E-state index >= 15 is 0 Å². The van der Waals surface area contributed by atoms with Crippen LogP contribution in [0.4, 0.5) is 0 Å². The average molecular weight is 317 g/mol. The standard InChI is InChI=1S/C11H15N3O2S3/c12-11(17)10-4-3-9(6-13-10)19(15,16)14-8-2-1-5-18-7-8/h3-4,6,8,14H,1-2,5,7H2,(H2,12,17). The molecule has 0 spiro atoms. The van der Waals surface area contributed by atoms with Gasteiger partial charge in [-0.15, -0.1) is 0 Å². The van der Waals surface area contributed by atoms with Crippen LogP contribution in [0.25, 0.3) is 0 Å². The van der Waals surface area contributed by atoms with Gasteiger partial charge in [0.2, 0.25) is 10.0 Å². The van der Waals surface area contributed by atoms with Gasteiger partial charge in [-0.3, -0.25) is 4.98 Å². The van der Waals surface area contributed by atoms with E-state index in [-0.39, 0.29) is 15.9 Å². The maximum atomic E-state index is 12.2. The first-order chi connectivity index (χ1) is 8.99. The second-order valence-electron chi connectivity index (χ2n) is 4.28. The molecule has 0 bridgehead atoms. The van der Waals surface area contributed by atoms with Gasteiger partial charge in [-0.1, -0.05) is 12.2 Å². The number of hydrogen-bond acceptors (Lipinski definition) is 5. The Bertz CT molecular complexity index is 551. The minimum Gasteiger partial charge on any atom is -0.388 e. The Kier molecular flexibility index (Phi) is 4.77. The van der Waals surface area contributed by atoms with Crippen molar-refractivity contribution in [3.63, 3.8) is 0 Å². The molecule has 1 aromatic rings. The molecule has 104 valence electrons. The Labute approximate surface area is 122 Å². The van der Waals surface area contributed by atoms with E-state index in [9.17, 15) is 8.42 Å². The normalized spacial score (nSPS) is 20.1. The van der Waals surface area contributed by atoms with Gasteiger partial charge in [0.15, 0.2) is 0 Å². The van der Waals surface area contributed by atoms with E-state index in [1.807, 2.05) is 0 Å². The maximum absolute atomic E-state index is 12.2. The number of hydrogen-bond donors (Lipinski definition) is 2. The van der Waals surface area contributed by atoms with E-state index in [1.54, 1.807) is 11.8 Å². The molecular formula is C11H15N3O2S3. The zero-order valence-electron chi connectivity index (χ0n) is 10.2.